The van der Waals surface area contributed by atoms with Gasteiger partial charge in [0.1, 0.15) is 6.04 Å². The van der Waals surface area contributed by atoms with E-state index in [-0.39, 0.29) is 29.5 Å². The molecular weight excluding hydrogens is 320 g/mol. The topological polar surface area (TPSA) is 86.7 Å². The summed E-state index contributed by atoms with van der Waals surface area (Å²) in [6.45, 7) is 2.06. The van der Waals surface area contributed by atoms with Crippen molar-refractivity contribution in [2.45, 2.75) is 25.8 Å². The number of nitrogens with one attached hydrogen (secondary N) is 1. The fourth-order valence-corrected chi connectivity index (χ4v) is 2.83. The van der Waals surface area contributed by atoms with Crippen LogP contribution < -0.4 is 10.2 Å². The van der Waals surface area contributed by atoms with Gasteiger partial charge in [0.25, 0.3) is 5.91 Å². The molecule has 6 nitrogen and oxygen atoms in total. The molecule has 0 bridgehead atoms. The quantitative estimate of drug-likeness (QED) is 0.819. The molecule has 25 heavy (non-hydrogen) atoms. The highest BCUT2D eigenvalue weighted by atomic mass is 16.4. The number of benzene rings is 2. The number of rotatable bonds is 5. The summed E-state index contributed by atoms with van der Waals surface area (Å²) < 4.78 is 0. The van der Waals surface area contributed by atoms with Crippen LogP contribution in [0, 0.1) is 0 Å². The van der Waals surface area contributed by atoms with Crippen LogP contribution in [-0.2, 0) is 16.0 Å². The SMILES string of the molecule is CCc1ccc(N[C@H]2CC(=O)N(c3cccc(C(=O)O)c3)C2=O)cc1. The molecule has 0 aliphatic carbocycles. The van der Waals surface area contributed by atoms with Crippen LogP contribution in [0.25, 0.3) is 0 Å². The molecule has 0 aromatic heterocycles. The summed E-state index contributed by atoms with van der Waals surface area (Å²) in [6.07, 6.45) is 0.959. The molecule has 1 aliphatic rings. The second-order valence-corrected chi connectivity index (χ2v) is 5.87. The number of aromatic carboxylic acids is 1. The third-order valence-corrected chi connectivity index (χ3v) is 4.20. The number of carbonyl (C=O) groups excluding carboxylic acids is 2. The average Bonchev–Trinajstić information content (AvgIpc) is 2.89. The van der Waals surface area contributed by atoms with Crippen LogP contribution in [0.2, 0.25) is 0 Å². The van der Waals surface area contributed by atoms with E-state index in [0.29, 0.717) is 0 Å². The molecule has 2 N–H and O–H groups in total. The van der Waals surface area contributed by atoms with Gasteiger partial charge in [-0.05, 0) is 42.3 Å². The van der Waals surface area contributed by atoms with Crippen molar-refractivity contribution in [1.29, 1.82) is 0 Å². The molecule has 1 heterocycles. The van der Waals surface area contributed by atoms with Gasteiger partial charge in [0.05, 0.1) is 17.7 Å². The summed E-state index contributed by atoms with van der Waals surface area (Å²) in [4.78, 5) is 37.0. The first-order chi connectivity index (χ1) is 12.0. The van der Waals surface area contributed by atoms with Gasteiger partial charge in [-0.15, -0.1) is 0 Å². The summed E-state index contributed by atoms with van der Waals surface area (Å²) >= 11 is 0. The van der Waals surface area contributed by atoms with Gasteiger partial charge in [0.2, 0.25) is 5.91 Å². The van der Waals surface area contributed by atoms with Crippen molar-refractivity contribution in [2.24, 2.45) is 0 Å². The molecule has 0 saturated carbocycles. The van der Waals surface area contributed by atoms with E-state index in [0.717, 1.165) is 17.0 Å². The third-order valence-electron chi connectivity index (χ3n) is 4.20. The van der Waals surface area contributed by atoms with Gasteiger partial charge in [-0.25, -0.2) is 9.69 Å². The molecule has 1 aliphatic heterocycles. The number of imide groups is 1. The second kappa shape index (κ2) is 6.76. The number of hydrogen-bond acceptors (Lipinski definition) is 4. The maximum Gasteiger partial charge on any atom is 0.335 e. The van der Waals surface area contributed by atoms with Gasteiger partial charge in [-0.3, -0.25) is 9.59 Å². The predicted molar refractivity (Wildman–Crippen MR) is 93.7 cm³/mol. The smallest absolute Gasteiger partial charge is 0.335 e. The monoisotopic (exact) mass is 338 g/mol. The van der Waals surface area contributed by atoms with Crippen LogP contribution in [0.4, 0.5) is 11.4 Å². The van der Waals surface area contributed by atoms with E-state index in [4.69, 9.17) is 5.11 Å². The van der Waals surface area contributed by atoms with Crippen LogP contribution in [0.1, 0.15) is 29.3 Å². The van der Waals surface area contributed by atoms with Crippen molar-refractivity contribution < 1.29 is 19.5 Å². The van der Waals surface area contributed by atoms with Gasteiger partial charge in [0, 0.05) is 5.69 Å². The molecule has 1 atom stereocenters. The Morgan fingerprint density at radius 1 is 1.20 bits per heavy atom. The van der Waals surface area contributed by atoms with Gasteiger partial charge in [-0.1, -0.05) is 25.1 Å². The highest BCUT2D eigenvalue weighted by Crippen LogP contribution is 2.26. The molecule has 1 fully saturated rings. The Hall–Kier alpha value is -3.15. The molecule has 2 amide bonds. The number of carboxylic acids is 1. The van der Waals surface area contributed by atoms with Crippen molar-refractivity contribution in [3.8, 4) is 0 Å². The van der Waals surface area contributed by atoms with Crippen molar-refractivity contribution in [3.63, 3.8) is 0 Å². The summed E-state index contributed by atoms with van der Waals surface area (Å²) in [6, 6.07) is 12.9. The minimum Gasteiger partial charge on any atom is -0.478 e. The number of hydrogen-bond donors (Lipinski definition) is 2. The number of carbonyl (C=O) groups is 3. The zero-order valence-electron chi connectivity index (χ0n) is 13.7. The number of anilines is 2. The van der Waals surface area contributed by atoms with E-state index < -0.39 is 12.0 Å². The van der Waals surface area contributed by atoms with Crippen molar-refractivity contribution in [2.75, 3.05) is 10.2 Å². The highest BCUT2D eigenvalue weighted by molar-refractivity contribution is 6.23. The molecule has 1 saturated heterocycles. The van der Waals surface area contributed by atoms with Crippen LogP contribution in [0.3, 0.4) is 0 Å². The van der Waals surface area contributed by atoms with Crippen LogP contribution in [-0.4, -0.2) is 28.9 Å². The van der Waals surface area contributed by atoms with Gasteiger partial charge in [-0.2, -0.15) is 0 Å². The molecule has 0 spiro atoms. The van der Waals surface area contributed by atoms with Crippen molar-refractivity contribution >= 4 is 29.2 Å². The lowest BCUT2D eigenvalue weighted by Crippen LogP contribution is -2.34. The number of aryl methyl sites for hydroxylation is 1. The Labute approximate surface area is 145 Å². The molecule has 0 unspecified atom stereocenters. The predicted octanol–water partition coefficient (Wildman–Crippen LogP) is 2.69. The first-order valence-corrected chi connectivity index (χ1v) is 8.05. The van der Waals surface area contributed by atoms with Gasteiger partial charge < -0.3 is 10.4 Å². The van der Waals surface area contributed by atoms with Crippen LogP contribution in [0.5, 0.6) is 0 Å². The lowest BCUT2D eigenvalue weighted by Gasteiger charge is -2.16. The first kappa shape index (κ1) is 16.7. The Morgan fingerprint density at radius 3 is 2.56 bits per heavy atom. The van der Waals surface area contributed by atoms with E-state index >= 15 is 0 Å². The number of amides is 2. The fraction of sp³-hybridized carbons (Fsp3) is 0.211. The Morgan fingerprint density at radius 2 is 1.92 bits per heavy atom. The number of carboxylic acid groups (broad SMARTS) is 1. The third kappa shape index (κ3) is 3.38. The Kier molecular flexibility index (Phi) is 4.52. The molecule has 3 rings (SSSR count). The normalized spacial score (nSPS) is 17.0. The molecule has 0 radical (unpaired) electrons. The zero-order chi connectivity index (χ0) is 18.0. The highest BCUT2D eigenvalue weighted by Gasteiger charge is 2.39. The lowest BCUT2D eigenvalue weighted by atomic mass is 10.1. The van der Waals surface area contributed by atoms with E-state index in [9.17, 15) is 14.4 Å². The van der Waals surface area contributed by atoms with Crippen molar-refractivity contribution in [1.82, 2.24) is 0 Å². The molecule has 2 aromatic rings. The fourth-order valence-electron chi connectivity index (χ4n) is 2.83. The summed E-state index contributed by atoms with van der Waals surface area (Å²) in [5.41, 5.74) is 2.26. The Balaban J connectivity index is 1.80. The molecular formula is C19H18N2O4. The first-order valence-electron chi connectivity index (χ1n) is 8.05. The Bertz CT molecular complexity index is 830. The zero-order valence-corrected chi connectivity index (χ0v) is 13.7. The van der Waals surface area contributed by atoms with E-state index in [2.05, 4.69) is 12.2 Å². The van der Waals surface area contributed by atoms with Crippen molar-refractivity contribution in [3.05, 3.63) is 59.7 Å². The minimum atomic E-state index is -1.10. The van der Waals surface area contributed by atoms with Crippen LogP contribution >= 0.6 is 0 Å². The summed E-state index contributed by atoms with van der Waals surface area (Å²) in [5.74, 6) is -1.84. The van der Waals surface area contributed by atoms with E-state index in [1.54, 1.807) is 6.07 Å². The van der Waals surface area contributed by atoms with Gasteiger partial charge >= 0.3 is 5.97 Å². The van der Waals surface area contributed by atoms with Crippen LogP contribution in [0.15, 0.2) is 48.5 Å². The molecule has 2 aromatic carbocycles. The largest absolute Gasteiger partial charge is 0.478 e. The summed E-state index contributed by atoms with van der Waals surface area (Å²) in [7, 11) is 0. The minimum absolute atomic E-state index is 0.0321. The van der Waals surface area contributed by atoms with E-state index in [1.165, 1.54) is 23.8 Å². The second-order valence-electron chi connectivity index (χ2n) is 5.87. The number of nitrogens with zero attached hydrogens (tertiary/aromatic N) is 1. The maximum absolute atomic E-state index is 12.6. The maximum atomic E-state index is 12.6. The average molecular weight is 338 g/mol. The lowest BCUT2D eigenvalue weighted by molar-refractivity contribution is -0.121. The molecule has 6 heteroatoms. The van der Waals surface area contributed by atoms with Gasteiger partial charge in [0.15, 0.2) is 0 Å². The standard InChI is InChI=1S/C19H18N2O4/c1-2-12-6-8-14(9-7-12)20-16-11-17(22)21(18(16)23)15-5-3-4-13(10-15)19(24)25/h3-10,16,20H,2,11H2,1H3,(H,24,25)/t16-/m0/s1. The summed E-state index contributed by atoms with van der Waals surface area (Å²) in [5, 5.41) is 12.2. The van der Waals surface area contributed by atoms with E-state index in [1.807, 2.05) is 24.3 Å². The molecule has 128 valence electrons.